The van der Waals surface area contributed by atoms with Crippen molar-refractivity contribution in [1.82, 2.24) is 4.98 Å². The number of fused-ring (bicyclic) bond motifs is 1. The van der Waals surface area contributed by atoms with Crippen LogP contribution in [0.15, 0.2) is 36.7 Å². The molecular formula is C20H19N3OS. The second kappa shape index (κ2) is 6.83. The van der Waals surface area contributed by atoms with Gasteiger partial charge in [-0.15, -0.1) is 11.3 Å². The Morgan fingerprint density at radius 1 is 1.24 bits per heavy atom. The fourth-order valence-corrected chi connectivity index (χ4v) is 4.46. The van der Waals surface area contributed by atoms with Crippen molar-refractivity contribution in [3.8, 4) is 0 Å². The lowest BCUT2D eigenvalue weighted by atomic mass is 10.0. The summed E-state index contributed by atoms with van der Waals surface area (Å²) in [4.78, 5) is 11.6. The third kappa shape index (κ3) is 3.11. The lowest BCUT2D eigenvalue weighted by Crippen LogP contribution is -2.35. The molecule has 126 valence electrons. The van der Waals surface area contributed by atoms with Crippen LogP contribution in [0, 0.1) is 13.5 Å². The van der Waals surface area contributed by atoms with E-state index in [1.807, 2.05) is 18.5 Å². The minimum absolute atomic E-state index is 0.737. The summed E-state index contributed by atoms with van der Waals surface area (Å²) in [5, 5.41) is 3.44. The van der Waals surface area contributed by atoms with Crippen molar-refractivity contribution in [2.24, 2.45) is 0 Å². The third-order valence-electron chi connectivity index (χ3n) is 4.66. The molecule has 1 saturated heterocycles. The molecule has 0 N–H and O–H groups in total. The smallest absolute Gasteiger partial charge is 0.224 e. The van der Waals surface area contributed by atoms with E-state index in [0.29, 0.717) is 0 Å². The molecular weight excluding hydrogens is 330 g/mol. The highest BCUT2D eigenvalue weighted by Crippen LogP contribution is 2.43. The predicted molar refractivity (Wildman–Crippen MR) is 103 cm³/mol. The van der Waals surface area contributed by atoms with Crippen LogP contribution in [0.25, 0.3) is 15.6 Å². The van der Waals surface area contributed by atoms with Crippen molar-refractivity contribution < 1.29 is 4.74 Å². The fraction of sp³-hybridized carbons (Fsp3) is 0.300. The Labute approximate surface area is 151 Å². The van der Waals surface area contributed by atoms with E-state index in [1.54, 1.807) is 11.3 Å². The molecule has 0 bridgehead atoms. The van der Waals surface area contributed by atoms with Crippen LogP contribution in [0.2, 0.25) is 0 Å². The maximum Gasteiger partial charge on any atom is 0.224 e. The van der Waals surface area contributed by atoms with Crippen molar-refractivity contribution in [2.45, 2.75) is 13.3 Å². The first-order valence-electron chi connectivity index (χ1n) is 8.41. The Morgan fingerprint density at radius 3 is 2.88 bits per heavy atom. The summed E-state index contributed by atoms with van der Waals surface area (Å²) >= 11 is 1.74. The molecule has 0 atom stereocenters. The van der Waals surface area contributed by atoms with Crippen LogP contribution in [-0.2, 0) is 11.2 Å². The number of aromatic nitrogens is 1. The molecule has 0 aliphatic carbocycles. The molecule has 5 heteroatoms. The fourth-order valence-electron chi connectivity index (χ4n) is 3.30. The van der Waals surface area contributed by atoms with E-state index < -0.39 is 0 Å². The van der Waals surface area contributed by atoms with Gasteiger partial charge in [-0.3, -0.25) is 4.98 Å². The largest absolute Gasteiger partial charge is 0.378 e. The Hall–Kier alpha value is -2.42. The van der Waals surface area contributed by atoms with Gasteiger partial charge < -0.3 is 9.64 Å². The molecule has 0 radical (unpaired) electrons. The van der Waals surface area contributed by atoms with Gasteiger partial charge in [0.25, 0.3) is 0 Å². The van der Waals surface area contributed by atoms with Crippen molar-refractivity contribution in [2.75, 3.05) is 31.2 Å². The summed E-state index contributed by atoms with van der Waals surface area (Å²) in [5.41, 5.74) is 3.19. The molecule has 4 rings (SSSR count). The van der Waals surface area contributed by atoms with Gasteiger partial charge in [0.1, 0.15) is 0 Å². The summed E-state index contributed by atoms with van der Waals surface area (Å²) in [7, 11) is 0. The minimum Gasteiger partial charge on any atom is -0.378 e. The second-order valence-corrected chi connectivity index (χ2v) is 7.44. The van der Waals surface area contributed by atoms with E-state index in [0.717, 1.165) is 54.4 Å². The molecule has 1 aliphatic heterocycles. The van der Waals surface area contributed by atoms with Crippen molar-refractivity contribution in [3.05, 3.63) is 64.1 Å². The Morgan fingerprint density at radius 2 is 2.08 bits per heavy atom. The van der Waals surface area contributed by atoms with Gasteiger partial charge in [0.05, 0.1) is 24.8 Å². The number of benzene rings is 1. The monoisotopic (exact) mass is 349 g/mol. The van der Waals surface area contributed by atoms with Crippen LogP contribution in [-0.4, -0.2) is 31.3 Å². The third-order valence-corrected chi connectivity index (χ3v) is 5.86. The maximum atomic E-state index is 7.72. The van der Waals surface area contributed by atoms with Gasteiger partial charge in [-0.1, -0.05) is 12.1 Å². The van der Waals surface area contributed by atoms with Crippen LogP contribution in [0.1, 0.15) is 16.0 Å². The predicted octanol–water partition coefficient (Wildman–Crippen LogP) is 4.58. The minimum atomic E-state index is 0.737. The van der Waals surface area contributed by atoms with Crippen LogP contribution >= 0.6 is 11.3 Å². The van der Waals surface area contributed by atoms with Crippen molar-refractivity contribution in [3.63, 3.8) is 0 Å². The van der Waals surface area contributed by atoms with E-state index in [2.05, 4.69) is 39.9 Å². The Kier molecular flexibility index (Phi) is 4.39. The molecule has 0 spiro atoms. The van der Waals surface area contributed by atoms with E-state index in [1.165, 1.54) is 15.8 Å². The molecule has 3 aromatic rings. The second-order valence-electron chi connectivity index (χ2n) is 6.24. The van der Waals surface area contributed by atoms with Gasteiger partial charge in [-0.05, 0) is 46.9 Å². The molecule has 25 heavy (non-hydrogen) atoms. The van der Waals surface area contributed by atoms with Gasteiger partial charge in [0.2, 0.25) is 5.69 Å². The molecule has 3 heterocycles. The highest BCUT2D eigenvalue weighted by atomic mass is 32.1. The average Bonchev–Trinajstić information content (AvgIpc) is 2.98. The summed E-state index contributed by atoms with van der Waals surface area (Å²) in [6.45, 7) is 13.0. The number of hydrogen-bond acceptors (Lipinski definition) is 4. The number of anilines is 1. The number of thiophene rings is 1. The highest BCUT2D eigenvalue weighted by molar-refractivity contribution is 7.17. The zero-order valence-electron chi connectivity index (χ0n) is 14.2. The molecule has 4 nitrogen and oxygen atoms in total. The molecule has 0 amide bonds. The molecule has 1 aromatic carbocycles. The Balaban J connectivity index is 1.69. The van der Waals surface area contributed by atoms with Crippen LogP contribution in [0.3, 0.4) is 0 Å². The van der Waals surface area contributed by atoms with Crippen LogP contribution in [0.4, 0.5) is 10.7 Å². The summed E-state index contributed by atoms with van der Waals surface area (Å²) in [6, 6.07) is 8.49. The van der Waals surface area contributed by atoms with Gasteiger partial charge in [0, 0.05) is 30.9 Å². The molecule has 1 aliphatic rings. The van der Waals surface area contributed by atoms with E-state index in [9.17, 15) is 0 Å². The van der Waals surface area contributed by atoms with E-state index >= 15 is 0 Å². The number of rotatable bonds is 3. The maximum absolute atomic E-state index is 7.72. The van der Waals surface area contributed by atoms with Gasteiger partial charge >= 0.3 is 0 Å². The number of nitrogens with zero attached hydrogens (tertiary/aromatic N) is 3. The Bertz CT molecular complexity index is 951. The van der Waals surface area contributed by atoms with Crippen molar-refractivity contribution >= 4 is 32.8 Å². The summed E-state index contributed by atoms with van der Waals surface area (Å²) in [5.74, 6) is 0. The normalized spacial score (nSPS) is 14.6. The first-order chi connectivity index (χ1) is 12.3. The molecule has 0 saturated carbocycles. The summed E-state index contributed by atoms with van der Waals surface area (Å²) in [6.07, 6.45) is 4.50. The zero-order valence-corrected chi connectivity index (χ0v) is 15.0. The van der Waals surface area contributed by atoms with Crippen LogP contribution in [0.5, 0.6) is 0 Å². The number of hydrogen-bond donors (Lipinski definition) is 0. The number of aryl methyl sites for hydroxylation is 1. The van der Waals surface area contributed by atoms with Crippen LogP contribution < -0.4 is 4.90 Å². The molecule has 0 unspecified atom stereocenters. The zero-order chi connectivity index (χ0) is 17.2. The van der Waals surface area contributed by atoms with E-state index in [4.69, 9.17) is 11.3 Å². The number of ether oxygens (including phenoxy) is 1. The number of pyridine rings is 1. The number of morpholine rings is 1. The lowest BCUT2D eigenvalue weighted by molar-refractivity contribution is 0.123. The van der Waals surface area contributed by atoms with E-state index in [-0.39, 0.29) is 0 Å². The lowest BCUT2D eigenvalue weighted by Gasteiger charge is -2.28. The summed E-state index contributed by atoms with van der Waals surface area (Å²) < 4.78 is 5.45. The first-order valence-corrected chi connectivity index (χ1v) is 9.23. The standard InChI is InChI=1S/C20H19N3OS/c1-14-18(12-15-3-4-16-5-6-22-13-17(16)11-15)19(21-2)20(25-14)23-7-9-24-10-8-23/h3-6,11,13H,7-10,12H2,1H3. The SMILES string of the molecule is [C-]#[N+]c1c(N2CCOCC2)sc(C)c1Cc1ccc2ccncc2c1. The van der Waals surface area contributed by atoms with Gasteiger partial charge in [0.15, 0.2) is 0 Å². The molecule has 1 fully saturated rings. The van der Waals surface area contributed by atoms with Crippen molar-refractivity contribution in [1.29, 1.82) is 0 Å². The topological polar surface area (TPSA) is 29.7 Å². The molecule has 2 aromatic heterocycles. The average molecular weight is 349 g/mol. The highest BCUT2D eigenvalue weighted by Gasteiger charge is 2.22. The quantitative estimate of drug-likeness (QED) is 0.648. The van der Waals surface area contributed by atoms with Gasteiger partial charge in [-0.2, -0.15) is 0 Å². The first kappa shape index (κ1) is 16.1. The van der Waals surface area contributed by atoms with Gasteiger partial charge in [-0.25, -0.2) is 4.85 Å².